The number of rotatable bonds is 15. The van der Waals surface area contributed by atoms with Crippen molar-refractivity contribution in [2.45, 2.75) is 134 Å². The number of nitrogens with zero attached hydrogens (tertiary/aromatic N) is 1. The molecule has 0 aromatic heterocycles. The molecule has 2 heterocycles. The summed E-state index contributed by atoms with van der Waals surface area (Å²) in [6.07, 6.45) is 17.3. The highest BCUT2D eigenvalue weighted by Crippen LogP contribution is 2.66. The summed E-state index contributed by atoms with van der Waals surface area (Å²) in [6.45, 7) is 7.85. The number of fused-ring (bicyclic) bond motifs is 6. The number of nitrogens with one attached hydrogen (secondary N) is 4. The first-order valence-corrected chi connectivity index (χ1v) is 20.3. The molecule has 0 unspecified atom stereocenters. The second-order valence-electron chi connectivity index (χ2n) is 16.3. The predicted molar refractivity (Wildman–Crippen MR) is 193 cm³/mol. The molecule has 0 spiro atoms. The topological polar surface area (TPSA) is 138 Å². The Morgan fingerprint density at radius 3 is 2.53 bits per heavy atom. The molecule has 2 saturated heterocycles. The third-order valence-electron chi connectivity index (χ3n) is 13.4. The van der Waals surface area contributed by atoms with Gasteiger partial charge in [-0.1, -0.05) is 31.0 Å². The van der Waals surface area contributed by atoms with Crippen LogP contribution >= 0.6 is 11.8 Å². The summed E-state index contributed by atoms with van der Waals surface area (Å²) in [5, 5.41) is 16.7. The lowest BCUT2D eigenvalue weighted by Crippen LogP contribution is -2.51. The van der Waals surface area contributed by atoms with Crippen molar-refractivity contribution in [2.24, 2.45) is 39.7 Å². The predicted octanol–water partition coefficient (Wildman–Crippen LogP) is 5.66. The summed E-state index contributed by atoms with van der Waals surface area (Å²) < 4.78 is 0. The molecule has 0 radical (unpaired) electrons. The average molecular weight is 698 g/mol. The molecular formula is C38H59N5O5S. The van der Waals surface area contributed by atoms with Crippen LogP contribution in [0.1, 0.15) is 117 Å². The number of thioether (sulfide) groups is 1. The van der Waals surface area contributed by atoms with Gasteiger partial charge in [-0.15, -0.1) is 0 Å². The van der Waals surface area contributed by atoms with Crippen molar-refractivity contribution in [3.05, 3.63) is 11.6 Å². The van der Waals surface area contributed by atoms with Gasteiger partial charge in [-0.25, -0.2) is 4.79 Å². The van der Waals surface area contributed by atoms with Crippen LogP contribution in [-0.2, 0) is 19.2 Å². The van der Waals surface area contributed by atoms with E-state index in [4.69, 9.17) is 4.84 Å². The number of unbranched alkanes of at least 4 members (excludes halogenated alkanes) is 3. The molecule has 11 heteroatoms. The number of carbonyl (C=O) groups is 4. The third kappa shape index (κ3) is 8.01. The maximum Gasteiger partial charge on any atom is 0.315 e. The Bertz CT molecular complexity index is 1320. The fourth-order valence-corrected chi connectivity index (χ4v) is 12.3. The largest absolute Gasteiger partial charge is 0.385 e. The van der Waals surface area contributed by atoms with Crippen molar-refractivity contribution < 1.29 is 24.0 Å². The standard InChI is InChI=1S/C38H59N5O5S/c1-24(44)28-13-14-29-27-12-11-25-21-26(15-17-37(25,2)30(27)16-18-38(28,29)3)43-48-22-34(46)40-20-8-4-7-19-39-33(45)10-6-5-9-32-35-31(23-49-32)41-36(47)42-35/h21,27-32,35H,4-20,22-23H2,1-3H3,(H,39,45)(H,40,46)(H2,41,42,47)/b43-26-/t27-,28+,29-,30-,31-,32+,35+,37+,38-/m1/s1. The first-order chi connectivity index (χ1) is 23.6. The Labute approximate surface area is 296 Å². The summed E-state index contributed by atoms with van der Waals surface area (Å²) in [5.41, 5.74) is 2.84. The maximum atomic E-state index is 12.4. The van der Waals surface area contributed by atoms with Gasteiger partial charge in [-0.3, -0.25) is 14.4 Å². The van der Waals surface area contributed by atoms with E-state index in [2.05, 4.69) is 46.3 Å². The Morgan fingerprint density at radius 1 is 0.939 bits per heavy atom. The van der Waals surface area contributed by atoms with Crippen LogP contribution in [0.25, 0.3) is 0 Å². The summed E-state index contributed by atoms with van der Waals surface area (Å²) in [6, 6.07) is 0.424. The summed E-state index contributed by atoms with van der Waals surface area (Å²) in [7, 11) is 0. The number of amides is 4. The van der Waals surface area contributed by atoms with Crippen molar-refractivity contribution in [3.8, 4) is 0 Å². The van der Waals surface area contributed by atoms with Crippen LogP contribution in [0, 0.1) is 34.5 Å². The van der Waals surface area contributed by atoms with Crippen molar-refractivity contribution >= 4 is 41.1 Å². The molecule has 6 rings (SSSR count). The highest BCUT2D eigenvalue weighted by molar-refractivity contribution is 8.00. The molecule has 4 aliphatic carbocycles. The second-order valence-corrected chi connectivity index (χ2v) is 17.5. The van der Waals surface area contributed by atoms with E-state index >= 15 is 0 Å². The zero-order valence-electron chi connectivity index (χ0n) is 30.0. The van der Waals surface area contributed by atoms with Gasteiger partial charge >= 0.3 is 6.03 Å². The minimum absolute atomic E-state index is 0.0538. The van der Waals surface area contributed by atoms with Crippen molar-refractivity contribution in [3.63, 3.8) is 0 Å². The lowest BCUT2D eigenvalue weighted by atomic mass is 9.46. The number of allylic oxidation sites excluding steroid dienone is 2. The quantitative estimate of drug-likeness (QED) is 0.0991. The Morgan fingerprint density at radius 2 is 1.73 bits per heavy atom. The second kappa shape index (κ2) is 15.8. The number of urea groups is 1. The van der Waals surface area contributed by atoms with Crippen LogP contribution in [0.15, 0.2) is 16.8 Å². The molecule has 3 saturated carbocycles. The molecule has 2 aliphatic heterocycles. The highest BCUT2D eigenvalue weighted by atomic mass is 32.2. The van der Waals surface area contributed by atoms with E-state index in [9.17, 15) is 19.2 Å². The first-order valence-electron chi connectivity index (χ1n) is 19.2. The Hall–Kier alpha value is -2.56. The fourth-order valence-electron chi connectivity index (χ4n) is 10.8. The summed E-state index contributed by atoms with van der Waals surface area (Å²) in [4.78, 5) is 54.0. The monoisotopic (exact) mass is 697 g/mol. The maximum absolute atomic E-state index is 12.4. The van der Waals surface area contributed by atoms with E-state index in [-0.39, 0.29) is 53.3 Å². The van der Waals surface area contributed by atoms with Crippen LogP contribution in [0.5, 0.6) is 0 Å². The van der Waals surface area contributed by atoms with Gasteiger partial charge in [0.25, 0.3) is 5.91 Å². The minimum atomic E-state index is -0.157. The Balaban J connectivity index is 0.810. The van der Waals surface area contributed by atoms with Crippen LogP contribution in [-0.4, -0.2) is 72.1 Å². The molecule has 0 aromatic rings. The van der Waals surface area contributed by atoms with E-state index in [1.165, 1.54) is 31.3 Å². The molecule has 6 aliphatic rings. The van der Waals surface area contributed by atoms with Gasteiger partial charge in [0, 0.05) is 36.4 Å². The highest BCUT2D eigenvalue weighted by Gasteiger charge is 2.59. The molecule has 4 amide bonds. The molecule has 0 aromatic carbocycles. The van der Waals surface area contributed by atoms with Gasteiger partial charge in [-0.2, -0.15) is 11.8 Å². The van der Waals surface area contributed by atoms with Crippen LogP contribution in [0.4, 0.5) is 4.79 Å². The number of Topliss-reactive ketones (excluding diaryl/α,β-unsaturated/α-hetero) is 1. The molecule has 272 valence electrons. The number of hydrogen-bond donors (Lipinski definition) is 4. The van der Waals surface area contributed by atoms with Crippen molar-refractivity contribution in [2.75, 3.05) is 25.4 Å². The molecule has 0 bridgehead atoms. The van der Waals surface area contributed by atoms with Gasteiger partial charge in [-0.05, 0) is 125 Å². The first kappa shape index (κ1) is 36.2. The van der Waals surface area contributed by atoms with Gasteiger partial charge in [0.1, 0.15) is 5.78 Å². The van der Waals surface area contributed by atoms with Crippen LogP contribution < -0.4 is 21.3 Å². The van der Waals surface area contributed by atoms with Crippen LogP contribution in [0.3, 0.4) is 0 Å². The number of carbonyl (C=O) groups excluding carboxylic acids is 4. The summed E-state index contributed by atoms with van der Waals surface area (Å²) in [5.74, 6) is 3.63. The lowest BCUT2D eigenvalue weighted by molar-refractivity contribution is -0.128. The number of hydrogen-bond acceptors (Lipinski definition) is 7. The molecule has 10 nitrogen and oxygen atoms in total. The fraction of sp³-hybridized carbons (Fsp3) is 0.816. The molecule has 5 fully saturated rings. The molecule has 9 atom stereocenters. The number of ketones is 1. The molecule has 49 heavy (non-hydrogen) atoms. The normalized spacial score (nSPS) is 36.8. The van der Waals surface area contributed by atoms with E-state index in [0.29, 0.717) is 42.4 Å². The van der Waals surface area contributed by atoms with Crippen LogP contribution in [0.2, 0.25) is 0 Å². The van der Waals surface area contributed by atoms with Gasteiger partial charge < -0.3 is 26.1 Å². The Kier molecular flexibility index (Phi) is 11.7. The van der Waals surface area contributed by atoms with Gasteiger partial charge in [0.2, 0.25) is 5.91 Å². The lowest BCUT2D eigenvalue weighted by Gasteiger charge is -2.58. The third-order valence-corrected chi connectivity index (χ3v) is 14.9. The van der Waals surface area contributed by atoms with Crippen molar-refractivity contribution in [1.82, 2.24) is 21.3 Å². The SMILES string of the molecule is CC(=O)[C@@H]1CC[C@@H]2[C@H]3CCC4=C/C(=N\OCC(=O)NCCCCCNC(=O)CCCC[C@@H]5SC[C@H]6NC(=O)N[C@H]56)CC[C@]4(C)[C@@H]3CC[C@@]21C. The van der Waals surface area contributed by atoms with Gasteiger partial charge in [0.15, 0.2) is 6.61 Å². The molecule has 4 N–H and O–H groups in total. The zero-order chi connectivity index (χ0) is 34.6. The number of oxime groups is 1. The van der Waals surface area contributed by atoms with E-state index in [0.717, 1.165) is 81.6 Å². The zero-order valence-corrected chi connectivity index (χ0v) is 30.8. The van der Waals surface area contributed by atoms with E-state index in [1.54, 1.807) is 6.92 Å². The van der Waals surface area contributed by atoms with Gasteiger partial charge in [0.05, 0.1) is 17.8 Å². The minimum Gasteiger partial charge on any atom is -0.385 e. The van der Waals surface area contributed by atoms with E-state index < -0.39 is 0 Å². The molecular weight excluding hydrogens is 639 g/mol. The van der Waals surface area contributed by atoms with E-state index in [1.807, 2.05) is 11.8 Å². The smallest absolute Gasteiger partial charge is 0.315 e. The van der Waals surface area contributed by atoms with Crippen molar-refractivity contribution in [1.29, 1.82) is 0 Å². The average Bonchev–Trinajstić information content (AvgIpc) is 3.74. The summed E-state index contributed by atoms with van der Waals surface area (Å²) >= 11 is 1.91.